The molecule has 4 N–H and O–H groups in total. The number of Topliss-reactive ketones (excluding diaryl/α,β-unsaturated/α-hetero) is 1. The molecule has 1 heterocycles. The Morgan fingerprint density at radius 3 is 1.96 bits per heavy atom. The summed E-state index contributed by atoms with van der Waals surface area (Å²) in [6, 6.07) is 42.2. The maximum atomic E-state index is 12.8. The molecule has 0 radical (unpaired) electrons. The molecule has 5 unspecified atom stereocenters. The van der Waals surface area contributed by atoms with Gasteiger partial charge in [-0.05, 0) is 65.4 Å². The second kappa shape index (κ2) is 18.7. The number of nitrogens with one attached hydrogen (secondary N) is 3. The van der Waals surface area contributed by atoms with Gasteiger partial charge in [0, 0.05) is 41.3 Å². The van der Waals surface area contributed by atoms with Gasteiger partial charge >= 0.3 is 6.03 Å². The van der Waals surface area contributed by atoms with Crippen LogP contribution in [0.3, 0.4) is 0 Å². The highest BCUT2D eigenvalue weighted by Gasteiger charge is 2.42. The van der Waals surface area contributed by atoms with E-state index in [1.807, 2.05) is 121 Å². The number of anilines is 1. The second-order valence-electron chi connectivity index (χ2n) is 13.3. The van der Waals surface area contributed by atoms with Gasteiger partial charge in [0.05, 0.1) is 24.9 Å². The van der Waals surface area contributed by atoms with Gasteiger partial charge in [0.1, 0.15) is 0 Å². The maximum absolute atomic E-state index is 12.8. The van der Waals surface area contributed by atoms with Gasteiger partial charge < -0.3 is 30.5 Å². The molecule has 0 saturated carbocycles. The lowest BCUT2D eigenvalue weighted by molar-refractivity contribution is -0.255. The van der Waals surface area contributed by atoms with Crippen LogP contribution in [0.2, 0.25) is 0 Å². The third kappa shape index (κ3) is 10.4. The van der Waals surface area contributed by atoms with Crippen LogP contribution in [-0.2, 0) is 38.6 Å². The van der Waals surface area contributed by atoms with Crippen LogP contribution in [0.1, 0.15) is 65.5 Å². The van der Waals surface area contributed by atoms with Crippen LogP contribution >= 0.6 is 11.8 Å². The zero-order valence-electron chi connectivity index (χ0n) is 30.3. The van der Waals surface area contributed by atoms with Crippen molar-refractivity contribution in [3.63, 3.8) is 0 Å². The number of aliphatic hydroxyl groups is 1. The first-order valence-electron chi connectivity index (χ1n) is 18.0. The number of ketones is 1. The molecule has 3 amide bonds. The molecule has 278 valence electrons. The van der Waals surface area contributed by atoms with Gasteiger partial charge in [-0.25, -0.2) is 4.79 Å². The molecule has 54 heavy (non-hydrogen) atoms. The molecule has 9 nitrogen and oxygen atoms in total. The van der Waals surface area contributed by atoms with Crippen molar-refractivity contribution in [2.45, 2.75) is 68.8 Å². The molecule has 1 aliphatic heterocycles. The van der Waals surface area contributed by atoms with E-state index in [1.165, 1.54) is 13.8 Å². The Balaban J connectivity index is 1.19. The standard InChI is InChI=1S/C44H45N3O6S/c1-29(49)39(25-31-9-5-3-6-10-31)47-44(51)45-26-32-13-19-36(20-14-32)43-52-40(28-54-38-23-21-37(22-24-38)46-30(2)50)41(34-11-7-4-8-12-34)42(53-43)35-17-15-33(27-48)16-18-35/h3-24,39-43,48H,25-28H2,1-2H3,(H,46,50)(H2,45,47,51). The highest BCUT2D eigenvalue weighted by molar-refractivity contribution is 7.99. The predicted octanol–water partition coefficient (Wildman–Crippen LogP) is 7.87. The molecule has 1 fully saturated rings. The predicted molar refractivity (Wildman–Crippen MR) is 211 cm³/mol. The summed E-state index contributed by atoms with van der Waals surface area (Å²) in [4.78, 5) is 37.7. The SMILES string of the molecule is CC(=O)Nc1ccc(SCC2OC(c3ccc(CNC(=O)NC(Cc4ccccc4)C(C)=O)cc3)OC(c3ccc(CO)cc3)C2c2ccccc2)cc1. The average molecular weight is 744 g/mol. The number of hydrogen-bond acceptors (Lipinski definition) is 7. The van der Waals surface area contributed by atoms with Gasteiger partial charge in [-0.1, -0.05) is 109 Å². The van der Waals surface area contributed by atoms with Crippen molar-refractivity contribution in [2.75, 3.05) is 11.1 Å². The lowest BCUT2D eigenvalue weighted by atomic mass is 9.84. The summed E-state index contributed by atoms with van der Waals surface area (Å²) < 4.78 is 13.7. The molecular weight excluding hydrogens is 699 g/mol. The summed E-state index contributed by atoms with van der Waals surface area (Å²) in [5, 5.41) is 18.2. The van der Waals surface area contributed by atoms with Crippen molar-refractivity contribution in [3.05, 3.63) is 167 Å². The van der Waals surface area contributed by atoms with E-state index >= 15 is 0 Å². The van der Waals surface area contributed by atoms with Crippen LogP contribution in [0.25, 0.3) is 0 Å². The van der Waals surface area contributed by atoms with Gasteiger partial charge in [-0.3, -0.25) is 9.59 Å². The van der Waals surface area contributed by atoms with Gasteiger partial charge in [0.15, 0.2) is 12.1 Å². The second-order valence-corrected chi connectivity index (χ2v) is 14.4. The van der Waals surface area contributed by atoms with Crippen molar-refractivity contribution in [1.29, 1.82) is 0 Å². The minimum atomic E-state index is -0.681. The Hall–Kier alpha value is -5.26. The van der Waals surface area contributed by atoms with E-state index in [4.69, 9.17) is 9.47 Å². The van der Waals surface area contributed by atoms with Crippen molar-refractivity contribution in [1.82, 2.24) is 10.6 Å². The molecule has 1 aliphatic rings. The summed E-state index contributed by atoms with van der Waals surface area (Å²) in [6.07, 6.45) is -0.882. The van der Waals surface area contributed by atoms with Crippen LogP contribution in [0.4, 0.5) is 10.5 Å². The van der Waals surface area contributed by atoms with E-state index in [0.717, 1.165) is 44.0 Å². The molecule has 5 atom stereocenters. The summed E-state index contributed by atoms with van der Waals surface area (Å²) in [6.45, 7) is 3.19. The van der Waals surface area contributed by atoms with Crippen LogP contribution < -0.4 is 16.0 Å². The molecule has 10 heteroatoms. The number of carbonyl (C=O) groups is 3. The quantitative estimate of drug-likeness (QED) is 0.0854. The number of carbonyl (C=O) groups excluding carboxylic acids is 3. The number of rotatable bonds is 14. The fourth-order valence-electron chi connectivity index (χ4n) is 6.50. The first kappa shape index (κ1) is 38.5. The highest BCUT2D eigenvalue weighted by Crippen LogP contribution is 2.48. The molecule has 0 bridgehead atoms. The molecular formula is C44H45N3O6S. The van der Waals surface area contributed by atoms with E-state index in [-0.39, 0.29) is 43.0 Å². The minimum absolute atomic E-state index is 0.0481. The molecule has 0 spiro atoms. The number of ether oxygens (including phenoxy) is 2. The summed E-state index contributed by atoms with van der Waals surface area (Å²) >= 11 is 1.68. The van der Waals surface area contributed by atoms with Crippen molar-refractivity contribution in [2.24, 2.45) is 0 Å². The zero-order chi connectivity index (χ0) is 37.9. The summed E-state index contributed by atoms with van der Waals surface area (Å²) in [7, 11) is 0. The number of benzene rings is 5. The van der Waals surface area contributed by atoms with Gasteiger partial charge in [0.25, 0.3) is 0 Å². The Bertz CT molecular complexity index is 1980. The normalized spacial score (nSPS) is 18.6. The topological polar surface area (TPSA) is 126 Å². The van der Waals surface area contributed by atoms with Crippen LogP contribution in [0.5, 0.6) is 0 Å². The molecule has 5 aromatic rings. The third-order valence-electron chi connectivity index (χ3n) is 9.34. The first-order valence-corrected chi connectivity index (χ1v) is 19.0. The van der Waals surface area contributed by atoms with Crippen molar-refractivity contribution in [3.8, 4) is 0 Å². The number of aliphatic hydroxyl groups excluding tert-OH is 1. The van der Waals surface area contributed by atoms with E-state index < -0.39 is 18.4 Å². The summed E-state index contributed by atoms with van der Waals surface area (Å²) in [5.74, 6) is 0.260. The Kier molecular flexibility index (Phi) is 13.3. The smallest absolute Gasteiger partial charge is 0.315 e. The van der Waals surface area contributed by atoms with Crippen molar-refractivity contribution < 1.29 is 29.0 Å². The van der Waals surface area contributed by atoms with E-state index in [0.29, 0.717) is 12.2 Å². The fourth-order valence-corrected chi connectivity index (χ4v) is 7.47. The number of amides is 3. The molecule has 1 saturated heterocycles. The summed E-state index contributed by atoms with van der Waals surface area (Å²) in [5.41, 5.74) is 6.31. The zero-order valence-corrected chi connectivity index (χ0v) is 31.1. The van der Waals surface area contributed by atoms with E-state index in [1.54, 1.807) is 11.8 Å². The van der Waals surface area contributed by atoms with Crippen LogP contribution in [0.15, 0.2) is 138 Å². The Labute approximate surface area is 320 Å². The van der Waals surface area contributed by atoms with E-state index in [2.05, 4.69) is 28.1 Å². The first-order chi connectivity index (χ1) is 26.2. The number of thioether (sulfide) groups is 1. The maximum Gasteiger partial charge on any atom is 0.315 e. The van der Waals surface area contributed by atoms with Crippen LogP contribution in [-0.4, -0.2) is 40.7 Å². The monoisotopic (exact) mass is 743 g/mol. The van der Waals surface area contributed by atoms with Crippen molar-refractivity contribution >= 4 is 35.2 Å². The minimum Gasteiger partial charge on any atom is -0.392 e. The average Bonchev–Trinajstić information content (AvgIpc) is 3.20. The Morgan fingerprint density at radius 2 is 1.33 bits per heavy atom. The lowest BCUT2D eigenvalue weighted by Gasteiger charge is -2.43. The third-order valence-corrected chi connectivity index (χ3v) is 10.4. The van der Waals surface area contributed by atoms with Gasteiger partial charge in [-0.15, -0.1) is 11.8 Å². The number of hydrogen-bond donors (Lipinski definition) is 4. The Morgan fingerprint density at radius 1 is 0.704 bits per heavy atom. The molecule has 0 aliphatic carbocycles. The highest BCUT2D eigenvalue weighted by atomic mass is 32.2. The number of urea groups is 1. The van der Waals surface area contributed by atoms with Gasteiger partial charge in [-0.2, -0.15) is 0 Å². The largest absolute Gasteiger partial charge is 0.392 e. The molecule has 6 rings (SSSR count). The lowest BCUT2D eigenvalue weighted by Crippen LogP contribution is -2.46. The van der Waals surface area contributed by atoms with E-state index in [9.17, 15) is 19.5 Å². The molecule has 5 aromatic carbocycles. The fraction of sp³-hybridized carbons (Fsp3) is 0.250. The van der Waals surface area contributed by atoms with Crippen LogP contribution in [0, 0.1) is 0 Å². The molecule has 0 aromatic heterocycles. The van der Waals surface area contributed by atoms with Gasteiger partial charge in [0.2, 0.25) is 5.91 Å².